The molecular weight excluding hydrogens is 228 g/mol. The van der Waals surface area contributed by atoms with Crippen LogP contribution in [0.15, 0.2) is 0 Å². The van der Waals surface area contributed by atoms with Crippen molar-refractivity contribution < 1.29 is 17.9 Å². The lowest BCUT2D eigenvalue weighted by Gasteiger charge is -2.22. The fraction of sp³-hybridized carbons (Fsp3) is 0.909. The van der Waals surface area contributed by atoms with Crippen LogP contribution < -0.4 is 0 Å². The second-order valence-corrected chi connectivity index (χ2v) is 7.21. The van der Waals surface area contributed by atoms with Gasteiger partial charge in [0.05, 0.1) is 16.6 Å². The molecule has 1 saturated carbocycles. The topological polar surface area (TPSA) is 60.4 Å². The highest BCUT2D eigenvalue weighted by Gasteiger charge is 2.46. The molecule has 5 heteroatoms. The standard InChI is InChI=1S/C11H18O4S/c1-7-9(12)3-4-10(7)16(13,14)11-5-6-15-8(11)2/h7-8,10-11H,3-6H2,1-2H3. The van der Waals surface area contributed by atoms with Gasteiger partial charge >= 0.3 is 0 Å². The normalized spacial score (nSPS) is 40.5. The Morgan fingerprint density at radius 3 is 2.31 bits per heavy atom. The van der Waals surface area contributed by atoms with E-state index in [1.54, 1.807) is 13.8 Å². The van der Waals surface area contributed by atoms with Gasteiger partial charge in [-0.15, -0.1) is 0 Å². The molecule has 1 aliphatic heterocycles. The largest absolute Gasteiger partial charge is 0.377 e. The lowest BCUT2D eigenvalue weighted by molar-refractivity contribution is -0.120. The summed E-state index contributed by atoms with van der Waals surface area (Å²) in [6, 6.07) is 0. The maximum atomic E-state index is 12.4. The van der Waals surface area contributed by atoms with Crippen molar-refractivity contribution in [3.05, 3.63) is 0 Å². The fourth-order valence-electron chi connectivity index (χ4n) is 2.79. The zero-order valence-electron chi connectivity index (χ0n) is 9.68. The molecule has 2 fully saturated rings. The highest BCUT2D eigenvalue weighted by atomic mass is 32.2. The number of ether oxygens (including phenoxy) is 1. The van der Waals surface area contributed by atoms with Crippen LogP contribution in [0, 0.1) is 5.92 Å². The first-order valence-corrected chi connectivity index (χ1v) is 7.42. The fourth-order valence-corrected chi connectivity index (χ4v) is 5.44. The lowest BCUT2D eigenvalue weighted by Crippen LogP contribution is -2.38. The van der Waals surface area contributed by atoms with Gasteiger partial charge < -0.3 is 4.74 Å². The molecule has 0 radical (unpaired) electrons. The molecule has 2 aliphatic rings. The maximum absolute atomic E-state index is 12.4. The number of carbonyl (C=O) groups is 1. The van der Waals surface area contributed by atoms with E-state index < -0.39 is 20.3 Å². The average Bonchev–Trinajstić information content (AvgIpc) is 2.76. The first-order valence-electron chi connectivity index (χ1n) is 5.81. The quantitative estimate of drug-likeness (QED) is 0.727. The van der Waals surface area contributed by atoms with E-state index in [9.17, 15) is 13.2 Å². The molecule has 0 amide bonds. The van der Waals surface area contributed by atoms with E-state index in [2.05, 4.69) is 0 Å². The molecule has 0 bridgehead atoms. The van der Waals surface area contributed by atoms with Gasteiger partial charge in [0.25, 0.3) is 0 Å². The Labute approximate surface area is 96.3 Å². The van der Waals surface area contributed by atoms with Crippen LogP contribution in [0.25, 0.3) is 0 Å². The molecule has 0 aromatic carbocycles. The first kappa shape index (κ1) is 12.0. The van der Waals surface area contributed by atoms with Crippen LogP contribution in [0.3, 0.4) is 0 Å². The van der Waals surface area contributed by atoms with E-state index in [4.69, 9.17) is 4.74 Å². The van der Waals surface area contributed by atoms with Crippen LogP contribution in [0.4, 0.5) is 0 Å². The maximum Gasteiger partial charge on any atom is 0.159 e. The van der Waals surface area contributed by atoms with Crippen LogP contribution >= 0.6 is 0 Å². The zero-order valence-corrected chi connectivity index (χ0v) is 10.5. The minimum Gasteiger partial charge on any atom is -0.377 e. The van der Waals surface area contributed by atoms with Crippen molar-refractivity contribution in [2.75, 3.05) is 6.61 Å². The van der Waals surface area contributed by atoms with Crippen molar-refractivity contribution in [3.63, 3.8) is 0 Å². The summed E-state index contributed by atoms with van der Waals surface area (Å²) in [6.45, 7) is 4.05. The second kappa shape index (κ2) is 4.11. The monoisotopic (exact) mass is 246 g/mol. The van der Waals surface area contributed by atoms with Gasteiger partial charge in [-0.1, -0.05) is 6.92 Å². The molecule has 0 aromatic heterocycles. The molecule has 4 unspecified atom stereocenters. The predicted molar refractivity (Wildman–Crippen MR) is 59.9 cm³/mol. The Bertz CT molecular complexity index is 387. The number of hydrogen-bond acceptors (Lipinski definition) is 4. The number of Topliss-reactive ketones (excluding diaryl/α,β-unsaturated/α-hetero) is 1. The molecule has 2 rings (SSSR count). The molecule has 1 aliphatic carbocycles. The Morgan fingerprint density at radius 2 is 1.88 bits per heavy atom. The summed E-state index contributed by atoms with van der Waals surface area (Å²) in [7, 11) is -3.22. The van der Waals surface area contributed by atoms with Gasteiger partial charge in [-0.2, -0.15) is 0 Å². The molecule has 16 heavy (non-hydrogen) atoms. The van der Waals surface area contributed by atoms with Crippen LogP contribution in [0.5, 0.6) is 0 Å². The van der Waals surface area contributed by atoms with Crippen LogP contribution in [-0.2, 0) is 19.4 Å². The van der Waals surface area contributed by atoms with E-state index >= 15 is 0 Å². The van der Waals surface area contributed by atoms with Gasteiger partial charge in [0.15, 0.2) is 9.84 Å². The van der Waals surface area contributed by atoms with Crippen LogP contribution in [-0.4, -0.2) is 37.4 Å². The molecule has 4 nitrogen and oxygen atoms in total. The Hall–Kier alpha value is -0.420. The Balaban J connectivity index is 2.22. The van der Waals surface area contributed by atoms with Gasteiger partial charge in [0.1, 0.15) is 5.78 Å². The number of sulfone groups is 1. The highest BCUT2D eigenvalue weighted by molar-refractivity contribution is 7.92. The molecular formula is C11H18O4S. The van der Waals surface area contributed by atoms with Crippen molar-refractivity contribution in [3.8, 4) is 0 Å². The van der Waals surface area contributed by atoms with Gasteiger partial charge in [-0.3, -0.25) is 4.79 Å². The summed E-state index contributed by atoms with van der Waals surface area (Å²) in [5.41, 5.74) is 0. The third kappa shape index (κ3) is 1.80. The zero-order chi connectivity index (χ0) is 11.9. The van der Waals surface area contributed by atoms with Crippen molar-refractivity contribution in [2.24, 2.45) is 5.92 Å². The summed E-state index contributed by atoms with van der Waals surface area (Å²) >= 11 is 0. The molecule has 4 atom stereocenters. The molecule has 1 saturated heterocycles. The SMILES string of the molecule is CC1OCCC1S(=O)(=O)C1CCC(=O)C1C. The summed E-state index contributed by atoms with van der Waals surface area (Å²) in [5.74, 6) is -0.252. The Morgan fingerprint density at radius 1 is 1.19 bits per heavy atom. The van der Waals surface area contributed by atoms with Crippen molar-refractivity contribution in [2.45, 2.75) is 49.7 Å². The van der Waals surface area contributed by atoms with E-state index in [0.29, 0.717) is 25.9 Å². The van der Waals surface area contributed by atoms with E-state index in [1.807, 2.05) is 0 Å². The number of carbonyl (C=O) groups excluding carboxylic acids is 1. The third-order valence-corrected chi connectivity index (χ3v) is 6.84. The van der Waals surface area contributed by atoms with Gasteiger partial charge in [0, 0.05) is 18.9 Å². The van der Waals surface area contributed by atoms with Crippen molar-refractivity contribution in [1.82, 2.24) is 0 Å². The highest BCUT2D eigenvalue weighted by Crippen LogP contribution is 2.34. The van der Waals surface area contributed by atoms with Crippen LogP contribution in [0.2, 0.25) is 0 Å². The lowest BCUT2D eigenvalue weighted by atomic mass is 10.1. The predicted octanol–water partition coefficient (Wildman–Crippen LogP) is 0.946. The molecule has 0 spiro atoms. The van der Waals surface area contributed by atoms with Crippen molar-refractivity contribution in [1.29, 1.82) is 0 Å². The first-order chi connectivity index (χ1) is 7.44. The number of ketones is 1. The minimum absolute atomic E-state index is 0.0835. The average molecular weight is 246 g/mol. The second-order valence-electron chi connectivity index (χ2n) is 4.82. The molecule has 92 valence electrons. The van der Waals surface area contributed by atoms with E-state index in [0.717, 1.165) is 0 Å². The molecule has 0 N–H and O–H groups in total. The number of rotatable bonds is 2. The van der Waals surface area contributed by atoms with E-state index in [-0.39, 0.29) is 17.8 Å². The summed E-state index contributed by atoms with van der Waals surface area (Å²) < 4.78 is 30.0. The van der Waals surface area contributed by atoms with Gasteiger partial charge in [-0.05, 0) is 19.8 Å². The van der Waals surface area contributed by atoms with Crippen LogP contribution in [0.1, 0.15) is 33.1 Å². The van der Waals surface area contributed by atoms with Gasteiger partial charge in [-0.25, -0.2) is 8.42 Å². The number of hydrogen-bond donors (Lipinski definition) is 0. The van der Waals surface area contributed by atoms with E-state index in [1.165, 1.54) is 0 Å². The third-order valence-electron chi connectivity index (χ3n) is 3.89. The van der Waals surface area contributed by atoms with Gasteiger partial charge in [0.2, 0.25) is 0 Å². The summed E-state index contributed by atoms with van der Waals surface area (Å²) in [6.07, 6.45) is 1.24. The minimum atomic E-state index is -3.22. The summed E-state index contributed by atoms with van der Waals surface area (Å²) in [5, 5.41) is -0.889. The summed E-state index contributed by atoms with van der Waals surface area (Å²) in [4.78, 5) is 11.4. The Kier molecular flexibility index (Phi) is 3.09. The molecule has 0 aromatic rings. The van der Waals surface area contributed by atoms with Crippen molar-refractivity contribution >= 4 is 15.6 Å². The molecule has 1 heterocycles. The smallest absolute Gasteiger partial charge is 0.159 e.